The van der Waals surface area contributed by atoms with E-state index in [0.29, 0.717) is 6.54 Å². The van der Waals surface area contributed by atoms with Crippen LogP contribution in [0.4, 0.5) is 11.5 Å². The standard InChI is InChI=1S/C15H17N3O2S/c1-11-8-12-4-2-3-5-14(12)18(10-11)21(19,20)13-6-7-17-15(16)9-13/h2-7,9,11H,8,10H2,1H3,(H2,16,17). The van der Waals surface area contributed by atoms with Gasteiger partial charge in [-0.15, -0.1) is 0 Å². The number of nitrogens with zero attached hydrogens (tertiary/aromatic N) is 2. The minimum atomic E-state index is -3.62. The lowest BCUT2D eigenvalue weighted by Gasteiger charge is -2.33. The fraction of sp³-hybridized carbons (Fsp3) is 0.267. The van der Waals surface area contributed by atoms with E-state index in [2.05, 4.69) is 11.9 Å². The van der Waals surface area contributed by atoms with Gasteiger partial charge in [0, 0.05) is 18.8 Å². The number of para-hydroxylation sites is 1. The average molecular weight is 303 g/mol. The van der Waals surface area contributed by atoms with E-state index in [0.717, 1.165) is 17.7 Å². The van der Waals surface area contributed by atoms with E-state index in [9.17, 15) is 8.42 Å². The number of benzene rings is 1. The Morgan fingerprint density at radius 1 is 1.29 bits per heavy atom. The number of nitrogen functional groups attached to an aromatic ring is 1. The SMILES string of the molecule is CC1Cc2ccccc2N(S(=O)(=O)c2ccnc(N)c2)C1. The van der Waals surface area contributed by atoms with Gasteiger partial charge in [0.15, 0.2) is 0 Å². The van der Waals surface area contributed by atoms with Crippen LogP contribution in [0.2, 0.25) is 0 Å². The molecule has 1 aliphatic rings. The van der Waals surface area contributed by atoms with Crippen LogP contribution in [0.1, 0.15) is 12.5 Å². The third kappa shape index (κ3) is 2.47. The minimum absolute atomic E-state index is 0.180. The molecule has 0 aliphatic carbocycles. The summed E-state index contributed by atoms with van der Waals surface area (Å²) in [4.78, 5) is 4.03. The fourth-order valence-electron chi connectivity index (χ4n) is 2.69. The van der Waals surface area contributed by atoms with E-state index >= 15 is 0 Å². The van der Waals surface area contributed by atoms with Gasteiger partial charge in [0.05, 0.1) is 10.6 Å². The second kappa shape index (κ2) is 5.04. The predicted octanol–water partition coefficient (Wildman–Crippen LogP) is 2.05. The zero-order valence-electron chi connectivity index (χ0n) is 11.7. The second-order valence-corrected chi connectivity index (χ2v) is 7.25. The first kappa shape index (κ1) is 13.9. The molecule has 1 aliphatic heterocycles. The molecule has 1 aromatic heterocycles. The number of nitrogens with two attached hydrogens (primary N) is 1. The van der Waals surface area contributed by atoms with Crippen molar-refractivity contribution in [3.8, 4) is 0 Å². The van der Waals surface area contributed by atoms with Gasteiger partial charge in [0.1, 0.15) is 5.82 Å². The number of rotatable bonds is 2. The van der Waals surface area contributed by atoms with E-state index in [1.165, 1.54) is 22.6 Å². The Hall–Kier alpha value is -2.08. The Morgan fingerprint density at radius 2 is 2.05 bits per heavy atom. The summed E-state index contributed by atoms with van der Waals surface area (Å²) in [6.07, 6.45) is 2.31. The van der Waals surface area contributed by atoms with Crippen LogP contribution >= 0.6 is 0 Å². The summed E-state index contributed by atoms with van der Waals surface area (Å²) in [6.45, 7) is 2.53. The van der Waals surface area contributed by atoms with Crippen molar-refractivity contribution in [3.05, 3.63) is 48.2 Å². The van der Waals surface area contributed by atoms with Crippen molar-refractivity contribution in [2.75, 3.05) is 16.6 Å². The van der Waals surface area contributed by atoms with Crippen LogP contribution in [0.25, 0.3) is 0 Å². The van der Waals surface area contributed by atoms with Crippen molar-refractivity contribution in [2.24, 2.45) is 5.92 Å². The lowest BCUT2D eigenvalue weighted by molar-refractivity contribution is 0.544. The van der Waals surface area contributed by atoms with Crippen LogP contribution < -0.4 is 10.0 Å². The summed E-state index contributed by atoms with van der Waals surface area (Å²) in [5.41, 5.74) is 7.43. The molecule has 2 N–H and O–H groups in total. The fourth-order valence-corrected chi connectivity index (χ4v) is 4.34. The quantitative estimate of drug-likeness (QED) is 0.921. The topological polar surface area (TPSA) is 76.3 Å². The Labute approximate surface area is 124 Å². The third-order valence-electron chi connectivity index (χ3n) is 3.65. The molecule has 0 bridgehead atoms. The maximum absolute atomic E-state index is 12.9. The number of hydrogen-bond donors (Lipinski definition) is 1. The first-order valence-electron chi connectivity index (χ1n) is 6.80. The molecule has 21 heavy (non-hydrogen) atoms. The van der Waals surface area contributed by atoms with E-state index in [4.69, 9.17) is 5.73 Å². The lowest BCUT2D eigenvalue weighted by Crippen LogP contribution is -2.39. The van der Waals surface area contributed by atoms with Crippen LogP contribution in [0.5, 0.6) is 0 Å². The summed E-state index contributed by atoms with van der Waals surface area (Å²) in [5, 5.41) is 0. The molecular formula is C15H17N3O2S. The molecule has 0 saturated carbocycles. The van der Waals surface area contributed by atoms with Crippen LogP contribution in [0.15, 0.2) is 47.5 Å². The molecule has 0 amide bonds. The van der Waals surface area contributed by atoms with Crippen molar-refractivity contribution in [3.63, 3.8) is 0 Å². The smallest absolute Gasteiger partial charge is 0.264 e. The lowest BCUT2D eigenvalue weighted by atomic mass is 9.96. The Bertz CT molecular complexity index is 774. The normalized spacial score (nSPS) is 18.3. The zero-order valence-corrected chi connectivity index (χ0v) is 12.5. The highest BCUT2D eigenvalue weighted by Crippen LogP contribution is 2.33. The number of fused-ring (bicyclic) bond motifs is 1. The molecule has 0 fully saturated rings. The average Bonchev–Trinajstić information content (AvgIpc) is 2.46. The van der Waals surface area contributed by atoms with Crippen LogP contribution in [-0.2, 0) is 16.4 Å². The molecule has 0 saturated heterocycles. The molecule has 1 aromatic carbocycles. The monoisotopic (exact) mass is 303 g/mol. The zero-order chi connectivity index (χ0) is 15.0. The van der Waals surface area contributed by atoms with Crippen LogP contribution in [0.3, 0.4) is 0 Å². The predicted molar refractivity (Wildman–Crippen MR) is 82.5 cm³/mol. The van der Waals surface area contributed by atoms with Gasteiger partial charge in [0.2, 0.25) is 0 Å². The van der Waals surface area contributed by atoms with Gasteiger partial charge in [-0.1, -0.05) is 25.1 Å². The van der Waals surface area contributed by atoms with Gasteiger partial charge in [-0.3, -0.25) is 4.31 Å². The van der Waals surface area contributed by atoms with Crippen molar-refractivity contribution in [2.45, 2.75) is 18.2 Å². The number of hydrogen-bond acceptors (Lipinski definition) is 4. The minimum Gasteiger partial charge on any atom is -0.384 e. The van der Waals surface area contributed by atoms with E-state index in [1.54, 1.807) is 0 Å². The summed E-state index contributed by atoms with van der Waals surface area (Å²) in [6, 6.07) is 10.5. The van der Waals surface area contributed by atoms with Gasteiger partial charge >= 0.3 is 0 Å². The maximum Gasteiger partial charge on any atom is 0.264 e. The molecule has 1 unspecified atom stereocenters. The summed E-state index contributed by atoms with van der Waals surface area (Å²) in [7, 11) is -3.62. The van der Waals surface area contributed by atoms with Crippen molar-refractivity contribution in [1.82, 2.24) is 4.98 Å². The van der Waals surface area contributed by atoms with Gasteiger partial charge < -0.3 is 5.73 Å². The number of aromatic nitrogens is 1. The first-order chi connectivity index (χ1) is 9.98. The van der Waals surface area contributed by atoms with Gasteiger partial charge in [-0.25, -0.2) is 13.4 Å². The highest BCUT2D eigenvalue weighted by atomic mass is 32.2. The third-order valence-corrected chi connectivity index (χ3v) is 5.42. The molecule has 5 nitrogen and oxygen atoms in total. The molecule has 110 valence electrons. The largest absolute Gasteiger partial charge is 0.384 e. The van der Waals surface area contributed by atoms with Crippen LogP contribution in [0, 0.1) is 5.92 Å². The van der Waals surface area contributed by atoms with E-state index in [-0.39, 0.29) is 16.6 Å². The van der Waals surface area contributed by atoms with E-state index < -0.39 is 10.0 Å². The summed E-state index contributed by atoms with van der Waals surface area (Å²) < 4.78 is 27.3. The van der Waals surface area contributed by atoms with Gasteiger partial charge in [-0.2, -0.15) is 0 Å². The number of anilines is 2. The molecule has 0 spiro atoms. The van der Waals surface area contributed by atoms with Crippen molar-refractivity contribution < 1.29 is 8.42 Å². The molecule has 3 rings (SSSR count). The molecule has 1 atom stereocenters. The van der Waals surface area contributed by atoms with Crippen molar-refractivity contribution in [1.29, 1.82) is 0 Å². The molecule has 2 heterocycles. The van der Waals surface area contributed by atoms with Crippen molar-refractivity contribution >= 4 is 21.5 Å². The number of sulfonamides is 1. The number of pyridine rings is 1. The first-order valence-corrected chi connectivity index (χ1v) is 8.24. The summed E-state index contributed by atoms with van der Waals surface area (Å²) >= 11 is 0. The Kier molecular flexibility index (Phi) is 3.33. The molecular weight excluding hydrogens is 286 g/mol. The Morgan fingerprint density at radius 3 is 2.81 bits per heavy atom. The second-order valence-electron chi connectivity index (χ2n) is 5.39. The summed E-state index contributed by atoms with van der Waals surface area (Å²) in [5.74, 6) is 0.475. The van der Waals surface area contributed by atoms with E-state index in [1.807, 2.05) is 24.3 Å². The highest BCUT2D eigenvalue weighted by Gasteiger charge is 2.31. The molecule has 0 radical (unpaired) electrons. The Balaban J connectivity index is 2.11. The molecule has 6 heteroatoms. The van der Waals surface area contributed by atoms with Crippen LogP contribution in [-0.4, -0.2) is 19.9 Å². The molecule has 2 aromatic rings. The van der Waals surface area contributed by atoms with Gasteiger partial charge in [-0.05, 0) is 30.0 Å². The highest BCUT2D eigenvalue weighted by molar-refractivity contribution is 7.92. The van der Waals surface area contributed by atoms with Gasteiger partial charge in [0.25, 0.3) is 10.0 Å². The maximum atomic E-state index is 12.9.